The molecule has 1 atom stereocenters. The van der Waals surface area contributed by atoms with E-state index in [9.17, 15) is 9.59 Å². The molecule has 4 nitrogen and oxygen atoms in total. The van der Waals surface area contributed by atoms with Crippen LogP contribution in [-0.4, -0.2) is 24.9 Å². The maximum atomic E-state index is 12.3. The van der Waals surface area contributed by atoms with Gasteiger partial charge in [-0.05, 0) is 30.3 Å². The van der Waals surface area contributed by atoms with E-state index in [0.29, 0.717) is 6.54 Å². The zero-order chi connectivity index (χ0) is 17.6. The van der Waals surface area contributed by atoms with Gasteiger partial charge in [0.05, 0.1) is 12.5 Å². The SMILES string of the molecule is O=C(NCC#Cc1ccccc1)C1CC(=O)N(c2cccc(Br)c2)C1. The molecule has 1 aliphatic rings. The molecule has 2 amide bonds. The van der Waals surface area contributed by atoms with Crippen LogP contribution in [-0.2, 0) is 9.59 Å². The highest BCUT2D eigenvalue weighted by Gasteiger charge is 2.34. The number of carbonyl (C=O) groups is 2. The van der Waals surface area contributed by atoms with Crippen molar-refractivity contribution in [2.45, 2.75) is 6.42 Å². The summed E-state index contributed by atoms with van der Waals surface area (Å²) in [7, 11) is 0. The Labute approximate surface area is 155 Å². The summed E-state index contributed by atoms with van der Waals surface area (Å²) in [6, 6.07) is 17.1. The largest absolute Gasteiger partial charge is 0.345 e. The molecule has 2 aromatic rings. The molecule has 126 valence electrons. The Morgan fingerprint density at radius 3 is 2.76 bits per heavy atom. The number of rotatable bonds is 3. The van der Waals surface area contributed by atoms with E-state index in [1.165, 1.54) is 0 Å². The molecule has 0 bridgehead atoms. The quantitative estimate of drug-likeness (QED) is 0.810. The molecule has 1 unspecified atom stereocenters. The standard InChI is InChI=1S/C20H17BrN2O2/c21-17-9-4-10-18(13-17)23-14-16(12-19(23)24)20(25)22-11-5-8-15-6-2-1-3-7-15/h1-4,6-7,9-10,13,16H,11-12,14H2,(H,22,25). The van der Waals surface area contributed by atoms with Crippen LogP contribution in [0.2, 0.25) is 0 Å². The minimum atomic E-state index is -0.343. The van der Waals surface area contributed by atoms with Gasteiger partial charge in [0.15, 0.2) is 0 Å². The monoisotopic (exact) mass is 396 g/mol. The molecule has 2 aromatic carbocycles. The number of benzene rings is 2. The summed E-state index contributed by atoms with van der Waals surface area (Å²) in [5.41, 5.74) is 1.71. The summed E-state index contributed by atoms with van der Waals surface area (Å²) in [5, 5.41) is 2.80. The highest BCUT2D eigenvalue weighted by molar-refractivity contribution is 9.10. The Balaban J connectivity index is 1.55. The number of nitrogens with zero attached hydrogens (tertiary/aromatic N) is 1. The fraction of sp³-hybridized carbons (Fsp3) is 0.200. The van der Waals surface area contributed by atoms with Crippen molar-refractivity contribution in [1.29, 1.82) is 0 Å². The third-order valence-electron chi connectivity index (χ3n) is 3.97. The van der Waals surface area contributed by atoms with Crippen LogP contribution in [0.15, 0.2) is 59.1 Å². The van der Waals surface area contributed by atoms with Gasteiger partial charge in [-0.3, -0.25) is 9.59 Å². The van der Waals surface area contributed by atoms with Crippen LogP contribution in [0.5, 0.6) is 0 Å². The second-order valence-electron chi connectivity index (χ2n) is 5.77. The highest BCUT2D eigenvalue weighted by Crippen LogP contribution is 2.27. The molecule has 0 spiro atoms. The summed E-state index contributed by atoms with van der Waals surface area (Å²) < 4.78 is 0.905. The van der Waals surface area contributed by atoms with Crippen LogP contribution in [0.4, 0.5) is 5.69 Å². The normalized spacial score (nSPS) is 16.3. The van der Waals surface area contributed by atoms with Gasteiger partial charge < -0.3 is 10.2 Å². The molecule has 25 heavy (non-hydrogen) atoms. The summed E-state index contributed by atoms with van der Waals surface area (Å²) in [5.74, 6) is 5.42. The van der Waals surface area contributed by atoms with Crippen LogP contribution in [0.1, 0.15) is 12.0 Å². The first-order chi connectivity index (χ1) is 12.1. The molecule has 1 heterocycles. The van der Waals surface area contributed by atoms with E-state index in [1.807, 2.05) is 54.6 Å². The number of amides is 2. The second-order valence-corrected chi connectivity index (χ2v) is 6.69. The molecule has 0 saturated carbocycles. The lowest BCUT2D eigenvalue weighted by atomic mass is 10.1. The molecule has 5 heteroatoms. The average Bonchev–Trinajstić information content (AvgIpc) is 3.01. The summed E-state index contributed by atoms with van der Waals surface area (Å²) in [4.78, 5) is 26.2. The van der Waals surface area contributed by atoms with Crippen molar-refractivity contribution < 1.29 is 9.59 Å². The fourth-order valence-electron chi connectivity index (χ4n) is 2.72. The van der Waals surface area contributed by atoms with E-state index in [4.69, 9.17) is 0 Å². The molecule has 3 rings (SSSR count). The Kier molecular flexibility index (Phi) is 5.52. The summed E-state index contributed by atoms with van der Waals surface area (Å²) in [6.07, 6.45) is 0.227. The molecular formula is C20H17BrN2O2. The first-order valence-corrected chi connectivity index (χ1v) is 8.80. The van der Waals surface area contributed by atoms with Gasteiger partial charge in [0, 0.05) is 28.7 Å². The fourth-order valence-corrected chi connectivity index (χ4v) is 3.11. The maximum absolute atomic E-state index is 12.3. The first kappa shape index (κ1) is 17.2. The zero-order valence-electron chi connectivity index (χ0n) is 13.5. The Morgan fingerprint density at radius 1 is 1.20 bits per heavy atom. The Hall–Kier alpha value is -2.58. The van der Waals surface area contributed by atoms with Crippen LogP contribution in [0.25, 0.3) is 0 Å². The number of hydrogen-bond donors (Lipinski definition) is 1. The van der Waals surface area contributed by atoms with Crippen molar-refractivity contribution >= 4 is 33.4 Å². The number of carbonyl (C=O) groups excluding carboxylic acids is 2. The lowest BCUT2D eigenvalue weighted by Gasteiger charge is -2.16. The van der Waals surface area contributed by atoms with Gasteiger partial charge in [-0.25, -0.2) is 0 Å². The van der Waals surface area contributed by atoms with Crippen LogP contribution >= 0.6 is 15.9 Å². The molecule has 1 saturated heterocycles. The number of anilines is 1. The van der Waals surface area contributed by atoms with Crippen molar-refractivity contribution in [3.63, 3.8) is 0 Å². The Bertz CT molecular complexity index is 840. The predicted molar refractivity (Wildman–Crippen MR) is 101 cm³/mol. The smallest absolute Gasteiger partial charge is 0.227 e. The van der Waals surface area contributed by atoms with Gasteiger partial charge in [-0.2, -0.15) is 0 Å². The molecule has 0 aromatic heterocycles. The van der Waals surface area contributed by atoms with Gasteiger partial charge in [-0.15, -0.1) is 0 Å². The maximum Gasteiger partial charge on any atom is 0.227 e. The Morgan fingerprint density at radius 2 is 2.00 bits per heavy atom. The van der Waals surface area contributed by atoms with E-state index in [2.05, 4.69) is 33.1 Å². The summed E-state index contributed by atoms with van der Waals surface area (Å²) in [6.45, 7) is 0.669. The van der Waals surface area contributed by atoms with Crippen LogP contribution < -0.4 is 10.2 Å². The number of nitrogens with one attached hydrogen (secondary N) is 1. The highest BCUT2D eigenvalue weighted by atomic mass is 79.9. The van der Waals surface area contributed by atoms with Gasteiger partial charge in [0.25, 0.3) is 0 Å². The van der Waals surface area contributed by atoms with E-state index in [0.717, 1.165) is 15.7 Å². The van der Waals surface area contributed by atoms with Crippen molar-refractivity contribution in [1.82, 2.24) is 5.32 Å². The topological polar surface area (TPSA) is 49.4 Å². The molecule has 0 aliphatic carbocycles. The van der Waals surface area contributed by atoms with Crippen molar-refractivity contribution in [3.05, 3.63) is 64.6 Å². The lowest BCUT2D eigenvalue weighted by Crippen LogP contribution is -2.33. The van der Waals surface area contributed by atoms with E-state index in [-0.39, 0.29) is 30.7 Å². The zero-order valence-corrected chi connectivity index (χ0v) is 15.1. The molecule has 0 radical (unpaired) electrons. The second kappa shape index (κ2) is 8.00. The van der Waals surface area contributed by atoms with Crippen LogP contribution in [0.3, 0.4) is 0 Å². The molecule has 1 N–H and O–H groups in total. The van der Waals surface area contributed by atoms with Crippen molar-refractivity contribution in [2.75, 3.05) is 18.0 Å². The van der Waals surface area contributed by atoms with Gasteiger partial charge >= 0.3 is 0 Å². The van der Waals surface area contributed by atoms with Crippen LogP contribution in [0, 0.1) is 17.8 Å². The minimum absolute atomic E-state index is 0.0337. The molecule has 1 fully saturated rings. The van der Waals surface area contributed by atoms with E-state index < -0.39 is 0 Å². The molecule has 1 aliphatic heterocycles. The van der Waals surface area contributed by atoms with Gasteiger partial charge in [0.1, 0.15) is 0 Å². The summed E-state index contributed by atoms with van der Waals surface area (Å²) >= 11 is 3.40. The van der Waals surface area contributed by atoms with E-state index >= 15 is 0 Å². The minimum Gasteiger partial charge on any atom is -0.345 e. The first-order valence-electron chi connectivity index (χ1n) is 8.01. The van der Waals surface area contributed by atoms with Crippen molar-refractivity contribution in [3.8, 4) is 11.8 Å². The van der Waals surface area contributed by atoms with Gasteiger partial charge in [-0.1, -0.05) is 52.0 Å². The number of halogens is 1. The third-order valence-corrected chi connectivity index (χ3v) is 4.47. The van der Waals surface area contributed by atoms with Gasteiger partial charge in [0.2, 0.25) is 11.8 Å². The van der Waals surface area contributed by atoms with Crippen molar-refractivity contribution in [2.24, 2.45) is 5.92 Å². The number of hydrogen-bond acceptors (Lipinski definition) is 2. The third kappa shape index (κ3) is 4.49. The van der Waals surface area contributed by atoms with E-state index in [1.54, 1.807) is 4.90 Å². The lowest BCUT2D eigenvalue weighted by molar-refractivity contribution is -0.126. The predicted octanol–water partition coefficient (Wildman–Crippen LogP) is 2.97. The molecular weight excluding hydrogens is 380 g/mol. The average molecular weight is 397 g/mol.